The molecule has 1 aliphatic heterocycles. The van der Waals surface area contributed by atoms with E-state index in [-0.39, 0.29) is 11.9 Å². The highest BCUT2D eigenvalue weighted by Crippen LogP contribution is 2.03. The third kappa shape index (κ3) is 2.48. The Morgan fingerprint density at radius 2 is 2.64 bits per heavy atom. The van der Waals surface area contributed by atoms with Gasteiger partial charge in [0.05, 0.1) is 12.6 Å². The van der Waals surface area contributed by atoms with Crippen molar-refractivity contribution in [3.8, 4) is 0 Å². The zero-order valence-electron chi connectivity index (χ0n) is 6.72. The molecule has 1 heterocycles. The van der Waals surface area contributed by atoms with Gasteiger partial charge in [0.15, 0.2) is 0 Å². The Balaban J connectivity index is 2.17. The molecule has 0 aliphatic carbocycles. The van der Waals surface area contributed by atoms with Crippen molar-refractivity contribution in [1.29, 1.82) is 0 Å². The van der Waals surface area contributed by atoms with Crippen molar-refractivity contribution < 1.29 is 9.63 Å². The van der Waals surface area contributed by atoms with E-state index in [9.17, 15) is 4.79 Å². The second kappa shape index (κ2) is 4.31. The molecule has 0 aromatic rings. The predicted molar refractivity (Wildman–Crippen MR) is 40.8 cm³/mol. The maximum Gasteiger partial charge on any atom is 0.260 e. The Kier molecular flexibility index (Phi) is 3.32. The molecule has 4 nitrogen and oxygen atoms in total. The van der Waals surface area contributed by atoms with Gasteiger partial charge in [-0.3, -0.25) is 9.63 Å². The highest BCUT2D eigenvalue weighted by Gasteiger charge is 2.21. The first-order chi connectivity index (χ1) is 5.34. The van der Waals surface area contributed by atoms with E-state index < -0.39 is 0 Å². The molecular formula is C7H14N2O2. The van der Waals surface area contributed by atoms with E-state index in [4.69, 9.17) is 4.84 Å². The second-order valence-corrected chi connectivity index (χ2v) is 2.55. The van der Waals surface area contributed by atoms with Crippen molar-refractivity contribution >= 4 is 5.91 Å². The van der Waals surface area contributed by atoms with E-state index in [0.29, 0.717) is 6.61 Å². The van der Waals surface area contributed by atoms with Gasteiger partial charge in [-0.25, -0.2) is 5.48 Å². The summed E-state index contributed by atoms with van der Waals surface area (Å²) < 4.78 is 0. The van der Waals surface area contributed by atoms with Crippen molar-refractivity contribution in [2.24, 2.45) is 0 Å². The van der Waals surface area contributed by atoms with Crippen LogP contribution in [0.2, 0.25) is 0 Å². The molecule has 0 spiro atoms. The van der Waals surface area contributed by atoms with Gasteiger partial charge in [-0.05, 0) is 26.3 Å². The van der Waals surface area contributed by atoms with Crippen LogP contribution in [0, 0.1) is 0 Å². The van der Waals surface area contributed by atoms with Gasteiger partial charge in [-0.2, -0.15) is 0 Å². The molecule has 1 fully saturated rings. The maximum atomic E-state index is 11.1. The fraction of sp³-hybridized carbons (Fsp3) is 0.857. The summed E-state index contributed by atoms with van der Waals surface area (Å²) in [5.74, 6) is -0.0515. The molecule has 1 unspecified atom stereocenters. The molecule has 1 aliphatic rings. The largest absolute Gasteiger partial charge is 0.306 e. The van der Waals surface area contributed by atoms with Gasteiger partial charge in [-0.1, -0.05) is 0 Å². The quantitative estimate of drug-likeness (QED) is 0.559. The average Bonchev–Trinajstić information content (AvgIpc) is 2.52. The Bertz CT molecular complexity index is 132. The van der Waals surface area contributed by atoms with Gasteiger partial charge in [0.2, 0.25) is 0 Å². The number of amides is 1. The minimum atomic E-state index is -0.0515. The molecule has 0 saturated carbocycles. The van der Waals surface area contributed by atoms with E-state index >= 15 is 0 Å². The molecule has 2 N–H and O–H groups in total. The Hall–Kier alpha value is -0.610. The molecule has 0 aromatic carbocycles. The van der Waals surface area contributed by atoms with Crippen LogP contribution in [-0.4, -0.2) is 25.1 Å². The number of nitrogens with one attached hydrogen (secondary N) is 2. The van der Waals surface area contributed by atoms with E-state index in [2.05, 4.69) is 10.8 Å². The number of carbonyl (C=O) groups excluding carboxylic acids is 1. The van der Waals surface area contributed by atoms with Gasteiger partial charge < -0.3 is 5.32 Å². The summed E-state index contributed by atoms with van der Waals surface area (Å²) in [4.78, 5) is 15.9. The van der Waals surface area contributed by atoms with Crippen LogP contribution in [0.4, 0.5) is 0 Å². The summed E-state index contributed by atoms with van der Waals surface area (Å²) in [7, 11) is 0. The molecule has 0 bridgehead atoms. The van der Waals surface area contributed by atoms with Crippen LogP contribution in [0.1, 0.15) is 19.8 Å². The van der Waals surface area contributed by atoms with Crippen LogP contribution < -0.4 is 10.8 Å². The molecule has 64 valence electrons. The molecule has 0 aromatic heterocycles. The molecule has 11 heavy (non-hydrogen) atoms. The fourth-order valence-corrected chi connectivity index (χ4v) is 1.12. The zero-order chi connectivity index (χ0) is 8.10. The van der Waals surface area contributed by atoms with Crippen LogP contribution in [0.15, 0.2) is 0 Å². The summed E-state index contributed by atoms with van der Waals surface area (Å²) in [5, 5.41) is 3.07. The first-order valence-electron chi connectivity index (χ1n) is 3.99. The van der Waals surface area contributed by atoms with Crippen molar-refractivity contribution in [2.45, 2.75) is 25.8 Å². The van der Waals surface area contributed by atoms with Crippen LogP contribution in [0.25, 0.3) is 0 Å². The van der Waals surface area contributed by atoms with Crippen molar-refractivity contribution in [3.63, 3.8) is 0 Å². The minimum absolute atomic E-state index is 0.0402. The monoisotopic (exact) mass is 158 g/mol. The topological polar surface area (TPSA) is 50.4 Å². The smallest absolute Gasteiger partial charge is 0.260 e. The fourth-order valence-electron chi connectivity index (χ4n) is 1.12. The van der Waals surface area contributed by atoms with Gasteiger partial charge >= 0.3 is 0 Å². The summed E-state index contributed by atoms with van der Waals surface area (Å²) in [6.07, 6.45) is 1.99. The van der Waals surface area contributed by atoms with Gasteiger partial charge in [0, 0.05) is 0 Å². The van der Waals surface area contributed by atoms with Crippen molar-refractivity contribution in [1.82, 2.24) is 10.8 Å². The molecule has 0 radical (unpaired) electrons. The summed E-state index contributed by atoms with van der Waals surface area (Å²) in [6, 6.07) is -0.0402. The Morgan fingerprint density at radius 1 is 1.82 bits per heavy atom. The van der Waals surface area contributed by atoms with Crippen LogP contribution in [-0.2, 0) is 9.63 Å². The number of hydrogen-bond acceptors (Lipinski definition) is 3. The summed E-state index contributed by atoms with van der Waals surface area (Å²) in [5.41, 5.74) is 2.37. The predicted octanol–water partition coefficient (Wildman–Crippen LogP) is -0.194. The standard InChI is InChI=1S/C7H14N2O2/c1-2-11-9-7(10)6-4-3-5-8-6/h6,8H,2-5H2,1H3,(H,9,10). The van der Waals surface area contributed by atoms with E-state index in [1.165, 1.54) is 0 Å². The SMILES string of the molecule is CCONC(=O)C1CCCN1. The minimum Gasteiger partial charge on any atom is -0.306 e. The highest BCUT2D eigenvalue weighted by atomic mass is 16.6. The normalized spacial score (nSPS) is 23.5. The van der Waals surface area contributed by atoms with Crippen LogP contribution in [0.5, 0.6) is 0 Å². The average molecular weight is 158 g/mol. The van der Waals surface area contributed by atoms with E-state index in [1.54, 1.807) is 0 Å². The molecule has 1 amide bonds. The number of carbonyl (C=O) groups is 1. The highest BCUT2D eigenvalue weighted by molar-refractivity contribution is 5.80. The van der Waals surface area contributed by atoms with Crippen LogP contribution in [0.3, 0.4) is 0 Å². The first kappa shape index (κ1) is 8.49. The molecule has 1 saturated heterocycles. The summed E-state index contributed by atoms with van der Waals surface area (Å²) in [6.45, 7) is 3.28. The van der Waals surface area contributed by atoms with Crippen molar-refractivity contribution in [3.05, 3.63) is 0 Å². The number of hydrogen-bond donors (Lipinski definition) is 2. The molecule has 1 atom stereocenters. The third-order valence-corrected chi connectivity index (χ3v) is 1.69. The lowest BCUT2D eigenvalue weighted by molar-refractivity contribution is -0.134. The first-order valence-corrected chi connectivity index (χ1v) is 3.99. The Labute approximate surface area is 66.3 Å². The zero-order valence-corrected chi connectivity index (χ0v) is 6.72. The van der Waals surface area contributed by atoms with E-state index in [0.717, 1.165) is 19.4 Å². The lowest BCUT2D eigenvalue weighted by Gasteiger charge is -2.09. The third-order valence-electron chi connectivity index (χ3n) is 1.69. The van der Waals surface area contributed by atoms with Gasteiger partial charge in [0.25, 0.3) is 5.91 Å². The number of hydroxylamine groups is 1. The lowest BCUT2D eigenvalue weighted by Crippen LogP contribution is -2.40. The summed E-state index contributed by atoms with van der Waals surface area (Å²) >= 11 is 0. The molecule has 1 rings (SSSR count). The Morgan fingerprint density at radius 3 is 3.18 bits per heavy atom. The maximum absolute atomic E-state index is 11.1. The van der Waals surface area contributed by atoms with E-state index in [1.807, 2.05) is 6.92 Å². The van der Waals surface area contributed by atoms with Gasteiger partial charge in [0.1, 0.15) is 0 Å². The lowest BCUT2D eigenvalue weighted by atomic mass is 10.2. The second-order valence-electron chi connectivity index (χ2n) is 2.55. The van der Waals surface area contributed by atoms with Crippen LogP contribution >= 0.6 is 0 Å². The molecular weight excluding hydrogens is 144 g/mol. The number of rotatable bonds is 3. The van der Waals surface area contributed by atoms with Gasteiger partial charge in [-0.15, -0.1) is 0 Å². The van der Waals surface area contributed by atoms with Crippen molar-refractivity contribution in [2.75, 3.05) is 13.2 Å². The molecule has 4 heteroatoms.